The Balaban J connectivity index is 3.08. The van der Waals surface area contributed by atoms with Crippen molar-refractivity contribution in [1.82, 2.24) is 9.89 Å². The molecule has 0 aliphatic heterocycles. The van der Waals surface area contributed by atoms with Crippen molar-refractivity contribution in [2.75, 3.05) is 5.84 Å². The summed E-state index contributed by atoms with van der Waals surface area (Å²) in [5.74, 6) is 10.1. The molecule has 0 saturated heterocycles. The van der Waals surface area contributed by atoms with E-state index in [-0.39, 0.29) is 10.9 Å². The number of hydrogen-bond donors (Lipinski definition) is 2. The van der Waals surface area contributed by atoms with Crippen LogP contribution in [0, 0.1) is 5.82 Å². The molecule has 6 heteroatoms. The van der Waals surface area contributed by atoms with Crippen molar-refractivity contribution >= 4 is 10.8 Å². The average Bonchev–Trinajstić information content (AvgIpc) is 2.19. The minimum atomic E-state index is -0.423. The summed E-state index contributed by atoms with van der Waals surface area (Å²) in [5.41, 5.74) is 0.112. The SMILES string of the molecule is N/N=c1/c2c(F)cccc2cnn1N. The lowest BCUT2D eigenvalue weighted by atomic mass is 10.2. The first-order valence-electron chi connectivity index (χ1n) is 3.89. The Bertz CT molecular complexity index is 545. The third kappa shape index (κ3) is 1.08. The average molecular weight is 193 g/mol. The van der Waals surface area contributed by atoms with E-state index in [2.05, 4.69) is 10.2 Å². The quantitative estimate of drug-likeness (QED) is 0.443. The van der Waals surface area contributed by atoms with Crippen LogP contribution in [0.4, 0.5) is 4.39 Å². The van der Waals surface area contributed by atoms with Gasteiger partial charge in [-0.1, -0.05) is 12.1 Å². The normalized spacial score (nSPS) is 12.2. The van der Waals surface area contributed by atoms with Crippen LogP contribution in [0.15, 0.2) is 29.5 Å². The summed E-state index contributed by atoms with van der Waals surface area (Å²) >= 11 is 0. The molecule has 0 bridgehead atoms. The molecule has 0 spiro atoms. The Kier molecular flexibility index (Phi) is 1.81. The van der Waals surface area contributed by atoms with Gasteiger partial charge in [-0.15, -0.1) is 0 Å². The smallest absolute Gasteiger partial charge is 0.201 e. The Morgan fingerprint density at radius 1 is 1.43 bits per heavy atom. The number of halogens is 1. The highest BCUT2D eigenvalue weighted by atomic mass is 19.1. The van der Waals surface area contributed by atoms with Crippen molar-refractivity contribution in [1.29, 1.82) is 0 Å². The molecule has 0 aliphatic rings. The van der Waals surface area contributed by atoms with E-state index in [0.29, 0.717) is 5.39 Å². The molecule has 0 radical (unpaired) electrons. The molecular weight excluding hydrogens is 185 g/mol. The van der Waals surface area contributed by atoms with Crippen LogP contribution < -0.4 is 17.2 Å². The predicted molar refractivity (Wildman–Crippen MR) is 49.6 cm³/mol. The lowest BCUT2D eigenvalue weighted by Crippen LogP contribution is -2.32. The molecule has 14 heavy (non-hydrogen) atoms. The molecule has 0 amide bonds. The lowest BCUT2D eigenvalue weighted by molar-refractivity contribution is 0.633. The summed E-state index contributed by atoms with van der Waals surface area (Å²) in [6.07, 6.45) is 1.45. The van der Waals surface area contributed by atoms with E-state index in [1.807, 2.05) is 0 Å². The first-order valence-corrected chi connectivity index (χ1v) is 3.89. The zero-order valence-corrected chi connectivity index (χ0v) is 7.18. The molecule has 2 rings (SSSR count). The molecule has 1 aromatic carbocycles. The van der Waals surface area contributed by atoms with E-state index in [9.17, 15) is 4.39 Å². The van der Waals surface area contributed by atoms with Gasteiger partial charge in [0.25, 0.3) is 0 Å². The Morgan fingerprint density at radius 3 is 2.93 bits per heavy atom. The summed E-state index contributed by atoms with van der Waals surface area (Å²) < 4.78 is 13.4. The number of fused-ring (bicyclic) bond motifs is 1. The zero-order valence-electron chi connectivity index (χ0n) is 7.18. The molecule has 5 nitrogen and oxygen atoms in total. The molecule has 72 valence electrons. The number of hydrogen-bond acceptors (Lipinski definition) is 4. The third-order valence-corrected chi connectivity index (χ3v) is 1.93. The van der Waals surface area contributed by atoms with Crippen molar-refractivity contribution in [2.45, 2.75) is 0 Å². The monoisotopic (exact) mass is 193 g/mol. The van der Waals surface area contributed by atoms with Crippen LogP contribution in [0.3, 0.4) is 0 Å². The van der Waals surface area contributed by atoms with Crippen molar-refractivity contribution in [3.8, 4) is 0 Å². The van der Waals surface area contributed by atoms with Crippen molar-refractivity contribution in [2.24, 2.45) is 10.9 Å². The number of nitrogen functional groups attached to an aromatic ring is 1. The van der Waals surface area contributed by atoms with E-state index in [4.69, 9.17) is 11.7 Å². The summed E-state index contributed by atoms with van der Waals surface area (Å²) in [4.78, 5) is 0.936. The summed E-state index contributed by atoms with van der Waals surface area (Å²) in [5, 5.41) is 8.05. The van der Waals surface area contributed by atoms with Crippen LogP contribution in [-0.4, -0.2) is 9.89 Å². The van der Waals surface area contributed by atoms with Gasteiger partial charge < -0.3 is 11.7 Å². The molecule has 0 atom stereocenters. The number of nitrogens with two attached hydrogens (primary N) is 2. The standard InChI is InChI=1S/C8H8FN5/c9-6-3-1-2-5-4-12-14(11)8(13-10)7(5)6/h1-4H,10-11H2/b13-8-. The molecule has 1 aromatic heterocycles. The van der Waals surface area contributed by atoms with Gasteiger partial charge in [-0.2, -0.15) is 15.0 Å². The van der Waals surface area contributed by atoms with Gasteiger partial charge in [-0.25, -0.2) is 4.39 Å². The van der Waals surface area contributed by atoms with Crippen LogP contribution in [0.1, 0.15) is 0 Å². The second kappa shape index (κ2) is 2.99. The highest BCUT2D eigenvalue weighted by Gasteiger charge is 2.04. The lowest BCUT2D eigenvalue weighted by Gasteiger charge is -2.02. The second-order valence-corrected chi connectivity index (χ2v) is 2.75. The minimum Gasteiger partial charge on any atom is -0.321 e. The molecule has 0 fully saturated rings. The molecule has 0 saturated carbocycles. The predicted octanol–water partition coefficient (Wildman–Crippen LogP) is -0.336. The molecule has 0 unspecified atom stereocenters. The first-order chi connectivity index (χ1) is 6.74. The second-order valence-electron chi connectivity index (χ2n) is 2.75. The van der Waals surface area contributed by atoms with Gasteiger partial charge in [0.1, 0.15) is 5.82 Å². The van der Waals surface area contributed by atoms with Gasteiger partial charge >= 0.3 is 0 Å². The minimum absolute atomic E-state index is 0.112. The van der Waals surface area contributed by atoms with E-state index in [0.717, 1.165) is 4.79 Å². The Labute approximate surface area is 78.4 Å². The number of aromatic nitrogens is 2. The van der Waals surface area contributed by atoms with Crippen molar-refractivity contribution in [3.63, 3.8) is 0 Å². The van der Waals surface area contributed by atoms with Gasteiger partial charge in [0.15, 0.2) is 0 Å². The van der Waals surface area contributed by atoms with Crippen LogP contribution in [0.5, 0.6) is 0 Å². The topological polar surface area (TPSA) is 82.2 Å². The number of benzene rings is 1. The van der Waals surface area contributed by atoms with Gasteiger partial charge in [-0.3, -0.25) is 0 Å². The summed E-state index contributed by atoms with van der Waals surface area (Å²) in [6, 6.07) is 4.61. The fraction of sp³-hybridized carbons (Fsp3) is 0. The number of rotatable bonds is 0. The van der Waals surface area contributed by atoms with Crippen LogP contribution in [0.25, 0.3) is 10.8 Å². The van der Waals surface area contributed by atoms with Crippen molar-refractivity contribution in [3.05, 3.63) is 35.7 Å². The Morgan fingerprint density at radius 2 is 2.21 bits per heavy atom. The number of nitrogens with zero attached hydrogens (tertiary/aromatic N) is 3. The summed E-state index contributed by atoms with van der Waals surface area (Å²) in [6.45, 7) is 0. The van der Waals surface area contributed by atoms with Crippen LogP contribution >= 0.6 is 0 Å². The highest BCUT2D eigenvalue weighted by Crippen LogP contribution is 2.11. The highest BCUT2D eigenvalue weighted by molar-refractivity contribution is 5.80. The largest absolute Gasteiger partial charge is 0.321 e. The maximum Gasteiger partial charge on any atom is 0.201 e. The van der Waals surface area contributed by atoms with Gasteiger partial charge in [0.05, 0.1) is 11.6 Å². The maximum absolute atomic E-state index is 13.4. The fourth-order valence-corrected chi connectivity index (χ4v) is 1.30. The summed E-state index contributed by atoms with van der Waals surface area (Å²) in [7, 11) is 0. The maximum atomic E-state index is 13.4. The molecule has 0 aliphatic carbocycles. The molecule has 1 heterocycles. The van der Waals surface area contributed by atoms with E-state index < -0.39 is 5.82 Å². The van der Waals surface area contributed by atoms with Crippen LogP contribution in [0.2, 0.25) is 0 Å². The first kappa shape index (κ1) is 8.49. The Hall–Kier alpha value is -2.11. The third-order valence-electron chi connectivity index (χ3n) is 1.93. The molecular formula is C8H8FN5. The van der Waals surface area contributed by atoms with Crippen molar-refractivity contribution < 1.29 is 4.39 Å². The fourth-order valence-electron chi connectivity index (χ4n) is 1.30. The molecule has 4 N–H and O–H groups in total. The van der Waals surface area contributed by atoms with Gasteiger partial charge in [-0.05, 0) is 6.07 Å². The molecule has 2 aromatic rings. The van der Waals surface area contributed by atoms with Gasteiger partial charge in [0.2, 0.25) is 5.49 Å². The van der Waals surface area contributed by atoms with Gasteiger partial charge in [0, 0.05) is 5.39 Å². The van der Waals surface area contributed by atoms with Crippen LogP contribution in [-0.2, 0) is 0 Å². The zero-order chi connectivity index (χ0) is 10.1. The van der Waals surface area contributed by atoms with E-state index in [1.54, 1.807) is 12.1 Å². The van der Waals surface area contributed by atoms with E-state index in [1.165, 1.54) is 12.3 Å². The van der Waals surface area contributed by atoms with E-state index >= 15 is 0 Å².